The van der Waals surface area contributed by atoms with E-state index < -0.39 is 16.4 Å². The SMILES string of the molecule is Cc1cc(C(=O)COc2ccc(F)cc2[N+](=O)[O-])c(C)s1. The summed E-state index contributed by atoms with van der Waals surface area (Å²) in [5.41, 5.74) is 0.0447. The van der Waals surface area contributed by atoms with E-state index in [0.29, 0.717) is 5.56 Å². The van der Waals surface area contributed by atoms with Gasteiger partial charge in [-0.25, -0.2) is 4.39 Å². The first-order chi connectivity index (χ1) is 9.88. The Labute approximate surface area is 124 Å². The molecule has 0 aliphatic rings. The van der Waals surface area contributed by atoms with Crippen molar-refractivity contribution >= 4 is 22.8 Å². The van der Waals surface area contributed by atoms with Crippen molar-refractivity contribution in [3.63, 3.8) is 0 Å². The summed E-state index contributed by atoms with van der Waals surface area (Å²) in [4.78, 5) is 24.0. The van der Waals surface area contributed by atoms with E-state index in [1.54, 1.807) is 6.07 Å². The summed E-state index contributed by atoms with van der Waals surface area (Å²) < 4.78 is 18.2. The Hall–Kier alpha value is -2.28. The molecule has 7 heteroatoms. The lowest BCUT2D eigenvalue weighted by molar-refractivity contribution is -0.386. The van der Waals surface area contributed by atoms with Crippen LogP contribution in [-0.4, -0.2) is 17.3 Å². The van der Waals surface area contributed by atoms with Crippen LogP contribution in [0.3, 0.4) is 0 Å². The summed E-state index contributed by atoms with van der Waals surface area (Å²) in [6.07, 6.45) is 0. The van der Waals surface area contributed by atoms with Gasteiger partial charge < -0.3 is 4.74 Å². The van der Waals surface area contributed by atoms with Crippen LogP contribution >= 0.6 is 11.3 Å². The number of rotatable bonds is 5. The normalized spacial score (nSPS) is 10.4. The molecule has 1 heterocycles. The molecule has 1 aromatic carbocycles. The predicted molar refractivity (Wildman–Crippen MR) is 76.7 cm³/mol. The number of nitro groups is 1. The smallest absolute Gasteiger partial charge is 0.313 e. The monoisotopic (exact) mass is 309 g/mol. The predicted octanol–water partition coefficient (Wildman–Crippen LogP) is 3.67. The van der Waals surface area contributed by atoms with E-state index in [1.165, 1.54) is 11.3 Å². The van der Waals surface area contributed by atoms with E-state index >= 15 is 0 Å². The molecule has 2 rings (SSSR count). The molecule has 0 unspecified atom stereocenters. The van der Waals surface area contributed by atoms with E-state index in [4.69, 9.17) is 4.74 Å². The van der Waals surface area contributed by atoms with Gasteiger partial charge in [0, 0.05) is 15.3 Å². The zero-order valence-corrected chi connectivity index (χ0v) is 12.2. The van der Waals surface area contributed by atoms with Gasteiger partial charge in [-0.1, -0.05) is 0 Å². The van der Waals surface area contributed by atoms with Crippen LogP contribution in [-0.2, 0) is 0 Å². The maximum absolute atomic E-state index is 13.0. The first-order valence-corrected chi connectivity index (χ1v) is 6.87. The molecule has 0 radical (unpaired) electrons. The van der Waals surface area contributed by atoms with Crippen LogP contribution in [0.25, 0.3) is 0 Å². The summed E-state index contributed by atoms with van der Waals surface area (Å²) in [5, 5.41) is 10.8. The molecule has 0 bridgehead atoms. The van der Waals surface area contributed by atoms with Gasteiger partial charge in [-0.2, -0.15) is 0 Å². The molecule has 0 aliphatic heterocycles. The number of nitrogens with zero attached hydrogens (tertiary/aromatic N) is 1. The Morgan fingerprint density at radius 2 is 2.10 bits per heavy atom. The van der Waals surface area contributed by atoms with E-state index in [2.05, 4.69) is 0 Å². The lowest BCUT2D eigenvalue weighted by atomic mass is 10.2. The Balaban J connectivity index is 2.15. The Morgan fingerprint density at radius 3 is 2.67 bits per heavy atom. The summed E-state index contributed by atoms with van der Waals surface area (Å²) in [5.74, 6) is -1.13. The second-order valence-electron chi connectivity index (χ2n) is 4.41. The number of aryl methyl sites for hydroxylation is 2. The van der Waals surface area contributed by atoms with Gasteiger partial charge in [0.1, 0.15) is 5.82 Å². The van der Waals surface area contributed by atoms with Crippen molar-refractivity contribution in [2.75, 3.05) is 6.61 Å². The molecule has 0 saturated carbocycles. The number of hydrogen-bond acceptors (Lipinski definition) is 5. The number of halogens is 1. The third-order valence-electron chi connectivity index (χ3n) is 2.82. The molecular weight excluding hydrogens is 297 g/mol. The van der Waals surface area contributed by atoms with Crippen LogP contribution in [0, 0.1) is 29.8 Å². The van der Waals surface area contributed by atoms with Crippen molar-refractivity contribution < 1.29 is 18.8 Å². The van der Waals surface area contributed by atoms with Crippen LogP contribution in [0.4, 0.5) is 10.1 Å². The van der Waals surface area contributed by atoms with Crippen molar-refractivity contribution in [2.45, 2.75) is 13.8 Å². The van der Waals surface area contributed by atoms with Gasteiger partial charge in [-0.05, 0) is 32.0 Å². The molecule has 0 fully saturated rings. The number of nitro benzene ring substituents is 1. The molecule has 0 N–H and O–H groups in total. The van der Waals surface area contributed by atoms with Crippen LogP contribution < -0.4 is 4.74 Å². The molecule has 2 aromatic rings. The summed E-state index contributed by atoms with van der Waals surface area (Å²) in [6, 6.07) is 4.71. The molecule has 21 heavy (non-hydrogen) atoms. The van der Waals surface area contributed by atoms with Crippen molar-refractivity contribution in [1.82, 2.24) is 0 Å². The van der Waals surface area contributed by atoms with E-state index in [-0.39, 0.29) is 18.1 Å². The fourth-order valence-corrected chi connectivity index (χ4v) is 2.83. The second kappa shape index (κ2) is 6.01. The summed E-state index contributed by atoms with van der Waals surface area (Å²) in [6.45, 7) is 3.38. The maximum Gasteiger partial charge on any atom is 0.313 e. The topological polar surface area (TPSA) is 69.4 Å². The standard InChI is InChI=1S/C14H12FNO4S/c1-8-5-11(9(2)21-8)13(17)7-20-14-4-3-10(15)6-12(14)16(18)19/h3-6H,7H2,1-2H3. The van der Waals surface area contributed by atoms with Crippen LogP contribution in [0.1, 0.15) is 20.1 Å². The average Bonchev–Trinajstić information content (AvgIpc) is 2.75. The number of ether oxygens (including phenoxy) is 1. The summed E-state index contributed by atoms with van der Waals surface area (Å²) in [7, 11) is 0. The fourth-order valence-electron chi connectivity index (χ4n) is 1.88. The number of thiophene rings is 1. The number of hydrogen-bond donors (Lipinski definition) is 0. The van der Waals surface area contributed by atoms with Gasteiger partial charge >= 0.3 is 5.69 Å². The molecular formula is C14H12FNO4S. The minimum Gasteiger partial charge on any atom is -0.478 e. The second-order valence-corrected chi connectivity index (χ2v) is 5.87. The lowest BCUT2D eigenvalue weighted by Crippen LogP contribution is -2.12. The highest BCUT2D eigenvalue weighted by atomic mass is 32.1. The van der Waals surface area contributed by atoms with Gasteiger partial charge in [-0.3, -0.25) is 14.9 Å². The molecule has 5 nitrogen and oxygen atoms in total. The lowest BCUT2D eigenvalue weighted by Gasteiger charge is -2.06. The van der Waals surface area contributed by atoms with Crippen molar-refractivity contribution in [1.29, 1.82) is 0 Å². The van der Waals surface area contributed by atoms with Gasteiger partial charge in [0.15, 0.2) is 12.4 Å². The van der Waals surface area contributed by atoms with Gasteiger partial charge in [0.2, 0.25) is 5.78 Å². The number of ketones is 1. The third kappa shape index (κ3) is 3.43. The highest BCUT2D eigenvalue weighted by molar-refractivity contribution is 7.12. The Bertz CT molecular complexity index is 711. The summed E-state index contributed by atoms with van der Waals surface area (Å²) >= 11 is 1.50. The average molecular weight is 309 g/mol. The van der Waals surface area contributed by atoms with Gasteiger partial charge in [0.25, 0.3) is 0 Å². The van der Waals surface area contributed by atoms with Crippen molar-refractivity contribution in [3.05, 3.63) is 55.5 Å². The molecule has 0 atom stereocenters. The van der Waals surface area contributed by atoms with Gasteiger partial charge in [-0.15, -0.1) is 11.3 Å². The third-order valence-corrected chi connectivity index (χ3v) is 3.78. The minimum atomic E-state index is -0.747. The van der Waals surface area contributed by atoms with Gasteiger partial charge in [0.05, 0.1) is 11.0 Å². The Morgan fingerprint density at radius 1 is 1.38 bits per heavy atom. The van der Waals surface area contributed by atoms with E-state index in [9.17, 15) is 19.3 Å². The number of carbonyl (C=O) groups excluding carboxylic acids is 1. The molecule has 110 valence electrons. The van der Waals surface area contributed by atoms with E-state index in [0.717, 1.165) is 28.0 Å². The van der Waals surface area contributed by atoms with E-state index in [1.807, 2.05) is 13.8 Å². The molecule has 1 aromatic heterocycles. The largest absolute Gasteiger partial charge is 0.478 e. The zero-order valence-electron chi connectivity index (χ0n) is 11.4. The first-order valence-electron chi connectivity index (χ1n) is 6.05. The maximum atomic E-state index is 13.0. The van der Waals surface area contributed by atoms with Crippen molar-refractivity contribution in [3.8, 4) is 5.75 Å². The first kappa shape index (κ1) is 15.1. The molecule has 0 saturated heterocycles. The minimum absolute atomic E-state index is 0.126. The highest BCUT2D eigenvalue weighted by Gasteiger charge is 2.19. The Kier molecular flexibility index (Phi) is 4.32. The highest BCUT2D eigenvalue weighted by Crippen LogP contribution is 2.28. The number of benzene rings is 1. The van der Waals surface area contributed by atoms with Crippen LogP contribution in [0.2, 0.25) is 0 Å². The number of Topliss-reactive ketones (excluding diaryl/α,β-unsaturated/α-hetero) is 1. The van der Waals surface area contributed by atoms with Crippen LogP contribution in [0.15, 0.2) is 24.3 Å². The van der Waals surface area contributed by atoms with Crippen LogP contribution in [0.5, 0.6) is 5.75 Å². The quantitative estimate of drug-likeness (QED) is 0.480. The molecule has 0 aliphatic carbocycles. The van der Waals surface area contributed by atoms with Crippen molar-refractivity contribution in [2.24, 2.45) is 0 Å². The molecule has 0 amide bonds. The zero-order chi connectivity index (χ0) is 15.6. The fraction of sp³-hybridized carbons (Fsp3) is 0.214. The number of carbonyl (C=O) groups is 1. The molecule has 0 spiro atoms.